The molecule has 24 heavy (non-hydrogen) atoms. The molecule has 1 aliphatic rings. The summed E-state index contributed by atoms with van der Waals surface area (Å²) >= 11 is 0. The summed E-state index contributed by atoms with van der Waals surface area (Å²) in [4.78, 5) is 16.1. The minimum Gasteiger partial charge on any atom is -0.370 e. The molecule has 0 unspecified atom stereocenters. The van der Waals surface area contributed by atoms with Crippen molar-refractivity contribution < 1.29 is 4.79 Å². The number of hydrogen-bond acceptors (Lipinski definition) is 2. The third kappa shape index (κ3) is 7.51. The summed E-state index contributed by atoms with van der Waals surface area (Å²) in [6.07, 6.45) is 7.30. The Hall–Kier alpha value is -1.31. The summed E-state index contributed by atoms with van der Waals surface area (Å²) in [5.41, 5.74) is 8.05. The van der Waals surface area contributed by atoms with E-state index in [1.807, 2.05) is 12.1 Å². The maximum Gasteiger partial charge on any atom is 0.222 e. The fourth-order valence-electron chi connectivity index (χ4n) is 2.88. The van der Waals surface area contributed by atoms with Crippen LogP contribution in [0.1, 0.15) is 51.0 Å². The third-order valence-electron chi connectivity index (χ3n) is 4.20. The number of amides is 1. The monoisotopic (exact) mass is 444 g/mol. The Balaban J connectivity index is 0.00000288. The van der Waals surface area contributed by atoms with E-state index < -0.39 is 0 Å². The topological polar surface area (TPSA) is 79.5 Å². The van der Waals surface area contributed by atoms with Crippen LogP contribution in [0.25, 0.3) is 0 Å². The molecular formula is C18H29IN4O. The minimum absolute atomic E-state index is 0. The lowest BCUT2D eigenvalue weighted by Gasteiger charge is -2.22. The van der Waals surface area contributed by atoms with E-state index in [2.05, 4.69) is 34.7 Å². The quantitative estimate of drug-likeness (QED) is 0.357. The number of aliphatic imine (C=N–C) groups is 1. The first-order chi connectivity index (χ1) is 11.2. The molecule has 1 aromatic carbocycles. The standard InChI is InChI=1S/C18H28N4O.HI/c1-2-14-7-6-10-16(13-14)22-18(19)20-12-11-17(23)21-15-8-4-3-5-9-15;/h6-7,10,13,15H,2-5,8-9,11-12H2,1H3,(H,21,23)(H3,19,20,22);1H. The molecule has 0 aliphatic heterocycles. The van der Waals surface area contributed by atoms with Crippen LogP contribution in [-0.2, 0) is 11.2 Å². The fraction of sp³-hybridized carbons (Fsp3) is 0.556. The number of nitrogens with zero attached hydrogens (tertiary/aromatic N) is 1. The zero-order valence-electron chi connectivity index (χ0n) is 14.4. The number of halogens is 1. The predicted molar refractivity (Wildman–Crippen MR) is 111 cm³/mol. The van der Waals surface area contributed by atoms with E-state index in [4.69, 9.17) is 5.73 Å². The average molecular weight is 444 g/mol. The summed E-state index contributed by atoms with van der Waals surface area (Å²) in [7, 11) is 0. The second-order valence-electron chi connectivity index (χ2n) is 6.10. The number of guanidine groups is 1. The Morgan fingerprint density at radius 3 is 2.75 bits per heavy atom. The van der Waals surface area contributed by atoms with Crippen LogP contribution >= 0.6 is 24.0 Å². The SMILES string of the molecule is CCc1cccc(NC(N)=NCCC(=O)NC2CCCCC2)c1.I. The molecule has 0 atom stereocenters. The second kappa shape index (κ2) is 11.3. The van der Waals surface area contributed by atoms with Crippen molar-refractivity contribution in [3.8, 4) is 0 Å². The van der Waals surface area contributed by atoms with Crippen LogP contribution in [0, 0.1) is 0 Å². The van der Waals surface area contributed by atoms with Crippen LogP contribution in [0.5, 0.6) is 0 Å². The Labute approximate surface area is 161 Å². The van der Waals surface area contributed by atoms with E-state index in [9.17, 15) is 4.79 Å². The summed E-state index contributed by atoms with van der Waals surface area (Å²) in [6.45, 7) is 2.52. The average Bonchev–Trinajstić information content (AvgIpc) is 2.56. The molecule has 2 rings (SSSR count). The van der Waals surface area contributed by atoms with Crippen LogP contribution in [0.3, 0.4) is 0 Å². The van der Waals surface area contributed by atoms with E-state index in [1.165, 1.54) is 24.8 Å². The molecule has 1 saturated carbocycles. The number of hydrogen-bond donors (Lipinski definition) is 3. The molecule has 4 N–H and O–H groups in total. The van der Waals surface area contributed by atoms with Crippen molar-refractivity contribution in [1.29, 1.82) is 0 Å². The van der Waals surface area contributed by atoms with E-state index >= 15 is 0 Å². The van der Waals surface area contributed by atoms with Gasteiger partial charge in [0, 0.05) is 18.2 Å². The first-order valence-electron chi connectivity index (χ1n) is 8.62. The van der Waals surface area contributed by atoms with Gasteiger partial charge in [-0.3, -0.25) is 9.79 Å². The Kier molecular flexibility index (Phi) is 9.75. The van der Waals surface area contributed by atoms with E-state index in [0.29, 0.717) is 25.0 Å². The number of anilines is 1. The Morgan fingerprint density at radius 1 is 1.29 bits per heavy atom. The summed E-state index contributed by atoms with van der Waals surface area (Å²) in [5.74, 6) is 0.421. The highest BCUT2D eigenvalue weighted by atomic mass is 127. The molecule has 6 heteroatoms. The van der Waals surface area contributed by atoms with E-state index in [-0.39, 0.29) is 29.9 Å². The maximum atomic E-state index is 11.9. The van der Waals surface area contributed by atoms with Gasteiger partial charge in [-0.2, -0.15) is 0 Å². The van der Waals surface area contributed by atoms with Gasteiger partial charge in [-0.1, -0.05) is 38.3 Å². The van der Waals surface area contributed by atoms with Crippen LogP contribution < -0.4 is 16.4 Å². The summed E-state index contributed by atoms with van der Waals surface area (Å²) in [5, 5.41) is 6.16. The van der Waals surface area contributed by atoms with E-state index in [0.717, 1.165) is 24.9 Å². The smallest absolute Gasteiger partial charge is 0.222 e. The molecule has 0 saturated heterocycles. The third-order valence-corrected chi connectivity index (χ3v) is 4.20. The lowest BCUT2D eigenvalue weighted by molar-refractivity contribution is -0.121. The van der Waals surface area contributed by atoms with Crippen LogP contribution in [0.4, 0.5) is 5.69 Å². The van der Waals surface area contributed by atoms with Crippen molar-refractivity contribution in [1.82, 2.24) is 5.32 Å². The molecule has 1 aliphatic carbocycles. The van der Waals surface area contributed by atoms with Crippen molar-refractivity contribution in [3.05, 3.63) is 29.8 Å². The molecule has 5 nitrogen and oxygen atoms in total. The van der Waals surface area contributed by atoms with Crippen LogP contribution in [0.2, 0.25) is 0 Å². The highest BCUT2D eigenvalue weighted by molar-refractivity contribution is 14.0. The van der Waals surface area contributed by atoms with Crippen LogP contribution in [-0.4, -0.2) is 24.5 Å². The van der Waals surface area contributed by atoms with Gasteiger partial charge in [-0.25, -0.2) is 0 Å². The van der Waals surface area contributed by atoms with Gasteiger partial charge >= 0.3 is 0 Å². The number of benzene rings is 1. The van der Waals surface area contributed by atoms with Gasteiger partial charge in [0.25, 0.3) is 0 Å². The van der Waals surface area contributed by atoms with Crippen molar-refractivity contribution in [3.63, 3.8) is 0 Å². The number of carbonyl (C=O) groups excluding carboxylic acids is 1. The molecular weight excluding hydrogens is 415 g/mol. The Bertz CT molecular complexity index is 542. The molecule has 0 spiro atoms. The number of rotatable bonds is 6. The summed E-state index contributed by atoms with van der Waals surface area (Å²) < 4.78 is 0. The van der Waals surface area contributed by atoms with Crippen molar-refractivity contribution >= 4 is 41.5 Å². The zero-order valence-corrected chi connectivity index (χ0v) is 16.7. The van der Waals surface area contributed by atoms with Gasteiger partial charge in [0.1, 0.15) is 0 Å². The van der Waals surface area contributed by atoms with Crippen molar-refractivity contribution in [2.75, 3.05) is 11.9 Å². The van der Waals surface area contributed by atoms with Crippen molar-refractivity contribution in [2.45, 2.75) is 57.9 Å². The van der Waals surface area contributed by atoms with Gasteiger partial charge in [-0.05, 0) is 37.0 Å². The second-order valence-corrected chi connectivity index (χ2v) is 6.10. The Morgan fingerprint density at radius 2 is 2.04 bits per heavy atom. The summed E-state index contributed by atoms with van der Waals surface area (Å²) in [6, 6.07) is 8.43. The zero-order chi connectivity index (χ0) is 16.5. The van der Waals surface area contributed by atoms with E-state index in [1.54, 1.807) is 0 Å². The molecule has 0 radical (unpaired) electrons. The normalized spacial score (nSPS) is 15.5. The maximum absolute atomic E-state index is 11.9. The lowest BCUT2D eigenvalue weighted by atomic mass is 9.95. The molecule has 0 aromatic heterocycles. The van der Waals surface area contributed by atoms with Gasteiger partial charge in [0.05, 0.1) is 6.54 Å². The molecule has 1 aromatic rings. The van der Waals surface area contributed by atoms with Gasteiger partial charge in [0.2, 0.25) is 5.91 Å². The number of nitrogens with one attached hydrogen (secondary N) is 2. The highest BCUT2D eigenvalue weighted by Gasteiger charge is 2.15. The van der Waals surface area contributed by atoms with Gasteiger partial charge < -0.3 is 16.4 Å². The van der Waals surface area contributed by atoms with Gasteiger partial charge in [-0.15, -0.1) is 24.0 Å². The molecule has 1 amide bonds. The number of nitrogens with two attached hydrogens (primary N) is 1. The predicted octanol–water partition coefficient (Wildman–Crippen LogP) is 3.43. The molecule has 0 bridgehead atoms. The first-order valence-corrected chi connectivity index (χ1v) is 8.62. The fourth-order valence-corrected chi connectivity index (χ4v) is 2.88. The molecule has 1 fully saturated rings. The lowest BCUT2D eigenvalue weighted by Crippen LogP contribution is -2.36. The van der Waals surface area contributed by atoms with Crippen LogP contribution in [0.15, 0.2) is 29.3 Å². The highest BCUT2D eigenvalue weighted by Crippen LogP contribution is 2.17. The number of aryl methyl sites for hydroxylation is 1. The first kappa shape index (κ1) is 20.7. The van der Waals surface area contributed by atoms with Crippen molar-refractivity contribution in [2.24, 2.45) is 10.7 Å². The largest absolute Gasteiger partial charge is 0.370 e. The molecule has 0 heterocycles. The molecule has 134 valence electrons. The minimum atomic E-state index is 0. The van der Waals surface area contributed by atoms with Gasteiger partial charge in [0.15, 0.2) is 5.96 Å². The number of carbonyl (C=O) groups is 1.